The summed E-state index contributed by atoms with van der Waals surface area (Å²) in [6, 6.07) is 1.64. The van der Waals surface area contributed by atoms with E-state index in [2.05, 4.69) is 15.1 Å². The fourth-order valence-corrected chi connectivity index (χ4v) is 4.82. The van der Waals surface area contributed by atoms with Crippen LogP contribution in [0.1, 0.15) is 57.9 Å². The summed E-state index contributed by atoms with van der Waals surface area (Å²) in [5, 5.41) is 4.56. The van der Waals surface area contributed by atoms with Crippen molar-refractivity contribution in [2.45, 2.75) is 44.3 Å². The zero-order valence-electron chi connectivity index (χ0n) is 17.2. The minimum absolute atomic E-state index is 0.0224. The van der Waals surface area contributed by atoms with Crippen molar-refractivity contribution in [1.82, 2.24) is 29.5 Å². The molecule has 0 unspecified atom stereocenters. The molecular weight excluding hydrogens is 384 g/mol. The normalized spacial score (nSPS) is 20.4. The Morgan fingerprint density at radius 3 is 2.50 bits per heavy atom. The zero-order chi connectivity index (χ0) is 20.7. The molecule has 0 bridgehead atoms. The molecule has 2 aromatic heterocycles. The van der Waals surface area contributed by atoms with Crippen molar-refractivity contribution in [3.8, 4) is 0 Å². The van der Waals surface area contributed by atoms with Gasteiger partial charge in [-0.1, -0.05) is 0 Å². The number of aryl methyl sites for hydroxylation is 1. The second-order valence-corrected chi connectivity index (χ2v) is 8.43. The number of ether oxygens (including phenoxy) is 1. The first-order chi connectivity index (χ1) is 14.6. The topological polar surface area (TPSA) is 93.5 Å². The molecule has 0 radical (unpaired) electrons. The summed E-state index contributed by atoms with van der Waals surface area (Å²) in [6.07, 6.45) is 7.33. The van der Waals surface area contributed by atoms with E-state index in [4.69, 9.17) is 4.74 Å². The number of amides is 2. The number of carbonyl (C=O) groups is 2. The van der Waals surface area contributed by atoms with Crippen molar-refractivity contribution in [2.75, 3.05) is 26.2 Å². The molecule has 9 nitrogen and oxygen atoms in total. The van der Waals surface area contributed by atoms with Gasteiger partial charge >= 0.3 is 0 Å². The van der Waals surface area contributed by atoms with E-state index in [1.165, 1.54) is 6.33 Å². The summed E-state index contributed by atoms with van der Waals surface area (Å²) in [5.41, 5.74) is 2.67. The van der Waals surface area contributed by atoms with Crippen LogP contribution in [-0.4, -0.2) is 73.1 Å². The molecule has 0 N–H and O–H groups in total. The van der Waals surface area contributed by atoms with Crippen LogP contribution in [0, 0.1) is 0 Å². The number of hydrogen-bond donors (Lipinski definition) is 0. The highest BCUT2D eigenvalue weighted by atomic mass is 16.5. The van der Waals surface area contributed by atoms with Gasteiger partial charge in [-0.3, -0.25) is 14.3 Å². The van der Waals surface area contributed by atoms with Crippen LogP contribution >= 0.6 is 0 Å². The molecule has 30 heavy (non-hydrogen) atoms. The molecular formula is C21H26N6O3. The molecule has 0 saturated carbocycles. The SMILES string of the molecule is Cn1nc(C(=O)N2CCCC2)c2c1CC1(CCN(C(=O)c3ccncn3)CC1)OC2. The Morgan fingerprint density at radius 1 is 1.07 bits per heavy atom. The first-order valence-electron chi connectivity index (χ1n) is 10.6. The smallest absolute Gasteiger partial charge is 0.274 e. The first-order valence-corrected chi connectivity index (χ1v) is 10.6. The summed E-state index contributed by atoms with van der Waals surface area (Å²) in [4.78, 5) is 37.2. The fourth-order valence-electron chi connectivity index (χ4n) is 4.82. The van der Waals surface area contributed by atoms with Crippen molar-refractivity contribution >= 4 is 11.8 Å². The van der Waals surface area contributed by atoms with Gasteiger partial charge in [0.05, 0.1) is 12.2 Å². The average Bonchev–Trinajstić information content (AvgIpc) is 3.43. The quantitative estimate of drug-likeness (QED) is 0.738. The molecule has 0 aliphatic carbocycles. The van der Waals surface area contributed by atoms with E-state index in [0.717, 1.165) is 50.0 Å². The highest BCUT2D eigenvalue weighted by Gasteiger charge is 2.43. The third-order valence-corrected chi connectivity index (χ3v) is 6.65. The predicted octanol–water partition coefficient (Wildman–Crippen LogP) is 1.19. The van der Waals surface area contributed by atoms with Gasteiger partial charge in [0, 0.05) is 57.1 Å². The third-order valence-electron chi connectivity index (χ3n) is 6.65. The molecule has 158 valence electrons. The fraction of sp³-hybridized carbons (Fsp3) is 0.571. The second-order valence-electron chi connectivity index (χ2n) is 8.43. The predicted molar refractivity (Wildman–Crippen MR) is 107 cm³/mol. The van der Waals surface area contributed by atoms with E-state index in [-0.39, 0.29) is 17.4 Å². The Labute approximate surface area is 175 Å². The van der Waals surface area contributed by atoms with E-state index in [9.17, 15) is 9.59 Å². The van der Waals surface area contributed by atoms with Crippen molar-refractivity contribution in [1.29, 1.82) is 0 Å². The molecule has 2 amide bonds. The molecule has 2 saturated heterocycles. The number of carbonyl (C=O) groups excluding carboxylic acids is 2. The van der Waals surface area contributed by atoms with Gasteiger partial charge in [0.1, 0.15) is 12.0 Å². The molecule has 3 aliphatic rings. The highest BCUT2D eigenvalue weighted by molar-refractivity contribution is 5.94. The summed E-state index contributed by atoms with van der Waals surface area (Å²) in [6.45, 7) is 3.26. The van der Waals surface area contributed by atoms with E-state index in [1.807, 2.05) is 21.5 Å². The Balaban J connectivity index is 1.29. The Hall–Kier alpha value is -2.81. The Bertz CT molecular complexity index is 959. The number of nitrogens with zero attached hydrogens (tertiary/aromatic N) is 6. The van der Waals surface area contributed by atoms with Crippen molar-refractivity contribution in [3.05, 3.63) is 41.2 Å². The Kier molecular flexibility index (Phi) is 4.77. The Morgan fingerprint density at radius 2 is 1.80 bits per heavy atom. The average molecular weight is 410 g/mol. The van der Waals surface area contributed by atoms with Crippen LogP contribution < -0.4 is 0 Å². The van der Waals surface area contributed by atoms with Gasteiger partial charge in [-0.05, 0) is 31.7 Å². The number of hydrogen-bond acceptors (Lipinski definition) is 6. The minimum Gasteiger partial charge on any atom is -0.370 e. The summed E-state index contributed by atoms with van der Waals surface area (Å²) < 4.78 is 8.19. The van der Waals surface area contributed by atoms with Crippen LogP contribution in [0.5, 0.6) is 0 Å². The molecule has 3 aliphatic heterocycles. The zero-order valence-corrected chi connectivity index (χ0v) is 17.2. The summed E-state index contributed by atoms with van der Waals surface area (Å²) in [7, 11) is 1.91. The number of likely N-dealkylation sites (tertiary alicyclic amines) is 2. The number of rotatable bonds is 2. The molecule has 9 heteroatoms. The number of aromatic nitrogens is 4. The van der Waals surface area contributed by atoms with Crippen LogP contribution in [0.15, 0.2) is 18.6 Å². The molecule has 0 atom stereocenters. The summed E-state index contributed by atoms with van der Waals surface area (Å²) >= 11 is 0. The van der Waals surface area contributed by atoms with Gasteiger partial charge in [-0.25, -0.2) is 9.97 Å². The van der Waals surface area contributed by atoms with E-state index >= 15 is 0 Å². The first kappa shape index (κ1) is 19.2. The second kappa shape index (κ2) is 7.46. The maximum atomic E-state index is 12.9. The van der Waals surface area contributed by atoms with E-state index in [0.29, 0.717) is 37.5 Å². The number of piperidine rings is 1. The standard InChI is InChI=1S/C21H26N6O3/c1-25-17-12-21(5-10-27(11-6-21)19(28)16-4-7-22-14-23-16)30-13-15(17)18(24-25)20(29)26-8-2-3-9-26/h4,7,14H,2-3,5-6,8-13H2,1H3. The molecule has 0 aromatic carbocycles. The molecule has 2 aromatic rings. The van der Waals surface area contributed by atoms with Gasteiger partial charge in [-0.15, -0.1) is 0 Å². The molecule has 5 heterocycles. The van der Waals surface area contributed by atoms with Gasteiger partial charge < -0.3 is 14.5 Å². The monoisotopic (exact) mass is 410 g/mol. The van der Waals surface area contributed by atoms with Gasteiger partial charge in [-0.2, -0.15) is 5.10 Å². The lowest BCUT2D eigenvalue weighted by Gasteiger charge is -2.43. The van der Waals surface area contributed by atoms with Gasteiger partial charge in [0.15, 0.2) is 5.69 Å². The number of fused-ring (bicyclic) bond motifs is 1. The largest absolute Gasteiger partial charge is 0.370 e. The van der Waals surface area contributed by atoms with Crippen LogP contribution in [0.3, 0.4) is 0 Å². The van der Waals surface area contributed by atoms with Crippen LogP contribution in [0.4, 0.5) is 0 Å². The van der Waals surface area contributed by atoms with Gasteiger partial charge in [0.25, 0.3) is 11.8 Å². The lowest BCUT2D eigenvalue weighted by atomic mass is 9.83. The van der Waals surface area contributed by atoms with E-state index < -0.39 is 0 Å². The molecule has 1 spiro atoms. The van der Waals surface area contributed by atoms with Gasteiger partial charge in [0.2, 0.25) is 0 Å². The van der Waals surface area contributed by atoms with Crippen LogP contribution in [0.25, 0.3) is 0 Å². The third kappa shape index (κ3) is 3.27. The van der Waals surface area contributed by atoms with Crippen molar-refractivity contribution in [2.24, 2.45) is 7.05 Å². The van der Waals surface area contributed by atoms with Crippen LogP contribution in [0.2, 0.25) is 0 Å². The maximum Gasteiger partial charge on any atom is 0.274 e. The lowest BCUT2D eigenvalue weighted by molar-refractivity contribution is -0.0990. The van der Waals surface area contributed by atoms with Crippen LogP contribution in [-0.2, 0) is 24.8 Å². The van der Waals surface area contributed by atoms with Crippen molar-refractivity contribution < 1.29 is 14.3 Å². The molecule has 2 fully saturated rings. The molecule has 5 rings (SSSR count). The lowest BCUT2D eigenvalue weighted by Crippen LogP contribution is -2.51. The minimum atomic E-state index is -0.308. The maximum absolute atomic E-state index is 12.9. The highest BCUT2D eigenvalue weighted by Crippen LogP contribution is 2.37. The van der Waals surface area contributed by atoms with E-state index in [1.54, 1.807) is 12.3 Å². The summed E-state index contributed by atoms with van der Waals surface area (Å²) in [5.74, 6) is -0.0445. The van der Waals surface area contributed by atoms with Crippen molar-refractivity contribution in [3.63, 3.8) is 0 Å².